The number of carbonyl (C=O) groups is 2. The number of carbonyl (C=O) groups excluding carboxylic acids is 2. The van der Waals surface area contributed by atoms with E-state index in [1.165, 1.54) is 5.69 Å². The first kappa shape index (κ1) is 16.8. The molecule has 130 valence electrons. The summed E-state index contributed by atoms with van der Waals surface area (Å²) >= 11 is 0. The Morgan fingerprint density at radius 1 is 1.08 bits per heavy atom. The van der Waals surface area contributed by atoms with E-state index >= 15 is 0 Å². The zero-order chi connectivity index (χ0) is 17.1. The smallest absolute Gasteiger partial charge is 0.228 e. The van der Waals surface area contributed by atoms with Crippen molar-refractivity contribution in [2.45, 2.75) is 32.7 Å². The van der Waals surface area contributed by atoms with Crippen LogP contribution in [0.5, 0.6) is 0 Å². The lowest BCUT2D eigenvalue weighted by Crippen LogP contribution is -2.40. The summed E-state index contributed by atoms with van der Waals surface area (Å²) in [6.45, 7) is 7.94. The maximum atomic E-state index is 12.8. The molecule has 0 radical (unpaired) electrons. The van der Waals surface area contributed by atoms with Gasteiger partial charge in [-0.15, -0.1) is 0 Å². The van der Waals surface area contributed by atoms with Crippen LogP contribution in [0.4, 0.5) is 5.69 Å². The first-order chi connectivity index (χ1) is 11.6. The summed E-state index contributed by atoms with van der Waals surface area (Å²) in [6.07, 6.45) is 1.34. The highest BCUT2D eigenvalue weighted by atomic mass is 16.2. The number of anilines is 1. The molecule has 1 aromatic rings. The van der Waals surface area contributed by atoms with Crippen LogP contribution in [-0.2, 0) is 9.59 Å². The minimum Gasteiger partial charge on any atom is -0.370 e. The molecule has 1 aromatic carbocycles. The standard InChI is InChI=1S/C19H27N3O2/c1-15(2)22-14-16(13-18(22)23)19(24)21-10-6-9-20(11-12-21)17-7-4-3-5-8-17/h3-5,7-8,15-16H,6,9-14H2,1-2H3. The Bertz CT molecular complexity index is 588. The molecule has 3 rings (SSSR count). The van der Waals surface area contributed by atoms with Gasteiger partial charge in [0.25, 0.3) is 0 Å². The molecule has 0 spiro atoms. The Morgan fingerprint density at radius 2 is 1.83 bits per heavy atom. The Labute approximate surface area is 144 Å². The van der Waals surface area contributed by atoms with Crippen molar-refractivity contribution in [2.24, 2.45) is 5.92 Å². The average Bonchev–Trinajstić information content (AvgIpc) is 2.82. The lowest BCUT2D eigenvalue weighted by Gasteiger charge is -2.26. The second kappa shape index (κ2) is 7.24. The van der Waals surface area contributed by atoms with Gasteiger partial charge in [0.05, 0.1) is 5.92 Å². The summed E-state index contributed by atoms with van der Waals surface area (Å²) in [6, 6.07) is 10.5. The van der Waals surface area contributed by atoms with E-state index < -0.39 is 0 Å². The van der Waals surface area contributed by atoms with Crippen LogP contribution < -0.4 is 4.90 Å². The molecule has 5 nitrogen and oxygen atoms in total. The molecule has 2 heterocycles. The van der Waals surface area contributed by atoms with Crippen molar-refractivity contribution >= 4 is 17.5 Å². The minimum absolute atomic E-state index is 0.115. The van der Waals surface area contributed by atoms with E-state index in [2.05, 4.69) is 17.0 Å². The third-order valence-electron chi connectivity index (χ3n) is 5.06. The molecule has 0 aromatic heterocycles. The van der Waals surface area contributed by atoms with Gasteiger partial charge in [-0.1, -0.05) is 18.2 Å². The van der Waals surface area contributed by atoms with Crippen LogP contribution >= 0.6 is 0 Å². The normalized spacial score (nSPS) is 22.2. The second-order valence-electron chi connectivity index (χ2n) is 7.04. The third-order valence-corrected chi connectivity index (χ3v) is 5.06. The fourth-order valence-electron chi connectivity index (χ4n) is 3.69. The first-order valence-corrected chi connectivity index (χ1v) is 8.94. The fraction of sp³-hybridized carbons (Fsp3) is 0.579. The van der Waals surface area contributed by atoms with Crippen LogP contribution in [0, 0.1) is 5.92 Å². The zero-order valence-corrected chi connectivity index (χ0v) is 14.6. The van der Waals surface area contributed by atoms with Crippen LogP contribution in [0.2, 0.25) is 0 Å². The van der Waals surface area contributed by atoms with Crippen molar-refractivity contribution in [3.8, 4) is 0 Å². The summed E-state index contributed by atoms with van der Waals surface area (Å²) in [4.78, 5) is 31.0. The topological polar surface area (TPSA) is 43.9 Å². The number of rotatable bonds is 3. The van der Waals surface area contributed by atoms with Gasteiger partial charge in [-0.05, 0) is 32.4 Å². The fourth-order valence-corrected chi connectivity index (χ4v) is 3.69. The first-order valence-electron chi connectivity index (χ1n) is 8.94. The van der Waals surface area contributed by atoms with Gasteiger partial charge in [-0.2, -0.15) is 0 Å². The van der Waals surface area contributed by atoms with Gasteiger partial charge in [-0.3, -0.25) is 9.59 Å². The van der Waals surface area contributed by atoms with Crippen LogP contribution in [0.15, 0.2) is 30.3 Å². The second-order valence-corrected chi connectivity index (χ2v) is 7.04. The molecule has 2 aliphatic heterocycles. The van der Waals surface area contributed by atoms with Crippen molar-refractivity contribution in [3.63, 3.8) is 0 Å². The lowest BCUT2D eigenvalue weighted by atomic mass is 10.1. The molecule has 0 aliphatic carbocycles. The van der Waals surface area contributed by atoms with Crippen molar-refractivity contribution in [1.82, 2.24) is 9.80 Å². The third kappa shape index (κ3) is 3.55. The number of nitrogens with zero attached hydrogens (tertiary/aromatic N) is 3. The van der Waals surface area contributed by atoms with Gasteiger partial charge in [0.1, 0.15) is 0 Å². The molecule has 2 amide bonds. The van der Waals surface area contributed by atoms with Crippen LogP contribution in [-0.4, -0.2) is 60.4 Å². The zero-order valence-electron chi connectivity index (χ0n) is 14.6. The largest absolute Gasteiger partial charge is 0.370 e. The molecule has 1 atom stereocenters. The highest BCUT2D eigenvalue weighted by Crippen LogP contribution is 2.23. The highest BCUT2D eigenvalue weighted by molar-refractivity contribution is 5.89. The van der Waals surface area contributed by atoms with Crippen molar-refractivity contribution in [3.05, 3.63) is 30.3 Å². The van der Waals surface area contributed by atoms with E-state index in [9.17, 15) is 9.59 Å². The van der Waals surface area contributed by atoms with Gasteiger partial charge in [-0.25, -0.2) is 0 Å². The van der Waals surface area contributed by atoms with E-state index in [1.807, 2.05) is 41.8 Å². The Morgan fingerprint density at radius 3 is 2.50 bits per heavy atom. The van der Waals surface area contributed by atoms with Crippen molar-refractivity contribution in [2.75, 3.05) is 37.6 Å². The molecule has 0 N–H and O–H groups in total. The number of para-hydroxylation sites is 1. The monoisotopic (exact) mass is 329 g/mol. The van der Waals surface area contributed by atoms with E-state index in [0.29, 0.717) is 13.0 Å². The summed E-state index contributed by atoms with van der Waals surface area (Å²) in [5, 5.41) is 0. The summed E-state index contributed by atoms with van der Waals surface area (Å²) in [5.74, 6) is 0.105. The predicted octanol–water partition coefficient (Wildman–Crippen LogP) is 1.98. The molecular weight excluding hydrogens is 302 g/mol. The Balaban J connectivity index is 1.60. The quantitative estimate of drug-likeness (QED) is 0.852. The summed E-state index contributed by atoms with van der Waals surface area (Å²) in [5.41, 5.74) is 1.22. The van der Waals surface area contributed by atoms with Crippen LogP contribution in [0.25, 0.3) is 0 Å². The SMILES string of the molecule is CC(C)N1CC(C(=O)N2CCCN(c3ccccc3)CC2)CC1=O. The maximum Gasteiger partial charge on any atom is 0.228 e. The van der Waals surface area contributed by atoms with Crippen LogP contribution in [0.3, 0.4) is 0 Å². The molecule has 24 heavy (non-hydrogen) atoms. The molecule has 1 unspecified atom stereocenters. The average molecular weight is 329 g/mol. The molecule has 5 heteroatoms. The number of likely N-dealkylation sites (tertiary alicyclic amines) is 1. The Hall–Kier alpha value is -2.04. The Kier molecular flexibility index (Phi) is 5.07. The summed E-state index contributed by atoms with van der Waals surface area (Å²) < 4.78 is 0. The molecular formula is C19H27N3O2. The molecule has 2 aliphatic rings. The maximum absolute atomic E-state index is 12.8. The number of hydrogen-bond acceptors (Lipinski definition) is 3. The van der Waals surface area contributed by atoms with Gasteiger partial charge in [0.15, 0.2) is 0 Å². The highest BCUT2D eigenvalue weighted by Gasteiger charge is 2.37. The van der Waals surface area contributed by atoms with Gasteiger partial charge >= 0.3 is 0 Å². The summed E-state index contributed by atoms with van der Waals surface area (Å²) in [7, 11) is 0. The molecule has 2 fully saturated rings. The van der Waals surface area contributed by atoms with Gasteiger partial charge in [0.2, 0.25) is 11.8 Å². The number of benzene rings is 1. The predicted molar refractivity (Wildman–Crippen MR) is 94.8 cm³/mol. The van der Waals surface area contributed by atoms with Gasteiger partial charge < -0.3 is 14.7 Å². The van der Waals surface area contributed by atoms with E-state index in [1.54, 1.807) is 0 Å². The molecule has 0 bridgehead atoms. The lowest BCUT2D eigenvalue weighted by molar-refractivity contribution is -0.135. The van der Waals surface area contributed by atoms with Crippen molar-refractivity contribution in [1.29, 1.82) is 0 Å². The molecule has 0 saturated carbocycles. The van der Waals surface area contributed by atoms with Gasteiger partial charge in [0, 0.05) is 50.9 Å². The van der Waals surface area contributed by atoms with E-state index in [4.69, 9.17) is 0 Å². The number of amides is 2. The number of hydrogen-bond donors (Lipinski definition) is 0. The van der Waals surface area contributed by atoms with Crippen molar-refractivity contribution < 1.29 is 9.59 Å². The van der Waals surface area contributed by atoms with E-state index in [0.717, 1.165) is 32.6 Å². The van der Waals surface area contributed by atoms with E-state index in [-0.39, 0.29) is 23.8 Å². The molecule has 2 saturated heterocycles. The van der Waals surface area contributed by atoms with Crippen LogP contribution in [0.1, 0.15) is 26.7 Å². The minimum atomic E-state index is -0.164.